The summed E-state index contributed by atoms with van der Waals surface area (Å²) in [7, 11) is 1.60. The molecule has 0 radical (unpaired) electrons. The number of nitrogens with zero attached hydrogens (tertiary/aromatic N) is 1. The molecule has 0 bridgehead atoms. The third-order valence-corrected chi connectivity index (χ3v) is 6.40. The smallest absolute Gasteiger partial charge is 0.254 e. The first-order valence-corrected chi connectivity index (χ1v) is 10.8. The lowest BCUT2D eigenvalue weighted by Gasteiger charge is -2.41. The molecule has 0 spiro atoms. The van der Waals surface area contributed by atoms with Crippen molar-refractivity contribution in [2.45, 2.75) is 12.0 Å². The van der Waals surface area contributed by atoms with Crippen LogP contribution < -0.4 is 5.32 Å². The highest BCUT2D eigenvalue weighted by molar-refractivity contribution is 7.10. The lowest BCUT2D eigenvalue weighted by atomic mass is 9.81. The van der Waals surface area contributed by atoms with E-state index in [-0.39, 0.29) is 11.8 Å². The average Bonchev–Trinajstić information content (AvgIpc) is 3.29. The summed E-state index contributed by atoms with van der Waals surface area (Å²) in [5.41, 5.74) is 1.95. The van der Waals surface area contributed by atoms with Crippen LogP contribution in [0.2, 0.25) is 5.02 Å². The molecule has 1 N–H and O–H groups in total. The number of amides is 2. The molecule has 2 unspecified atom stereocenters. The van der Waals surface area contributed by atoms with Gasteiger partial charge in [-0.25, -0.2) is 0 Å². The van der Waals surface area contributed by atoms with Gasteiger partial charge in [0.2, 0.25) is 5.91 Å². The number of halogens is 1. The highest BCUT2D eigenvalue weighted by Crippen LogP contribution is 2.44. The molecule has 7 heteroatoms. The van der Waals surface area contributed by atoms with E-state index in [0.717, 1.165) is 10.4 Å². The lowest BCUT2D eigenvalue weighted by Crippen LogP contribution is -2.47. The van der Waals surface area contributed by atoms with Crippen molar-refractivity contribution >= 4 is 40.4 Å². The van der Waals surface area contributed by atoms with Gasteiger partial charge in [-0.3, -0.25) is 9.59 Å². The van der Waals surface area contributed by atoms with E-state index in [2.05, 4.69) is 5.32 Å². The van der Waals surface area contributed by atoms with E-state index >= 15 is 0 Å². The minimum atomic E-state index is -0.551. The molecule has 2 aromatic carbocycles. The zero-order chi connectivity index (χ0) is 21.1. The van der Waals surface area contributed by atoms with Gasteiger partial charge in [0.15, 0.2) is 0 Å². The van der Waals surface area contributed by atoms with E-state index in [1.165, 1.54) is 0 Å². The number of hydrogen-bond acceptors (Lipinski definition) is 4. The van der Waals surface area contributed by atoms with E-state index in [4.69, 9.17) is 16.3 Å². The number of carbonyl (C=O) groups excluding carboxylic acids is 2. The molecule has 4 rings (SSSR count). The Kier molecular flexibility index (Phi) is 6.18. The molecule has 3 aromatic rings. The fourth-order valence-corrected chi connectivity index (χ4v) is 4.84. The van der Waals surface area contributed by atoms with E-state index in [1.54, 1.807) is 53.7 Å². The van der Waals surface area contributed by atoms with Crippen LogP contribution >= 0.6 is 22.9 Å². The minimum absolute atomic E-state index is 0.0865. The standard InChI is InChI=1S/C23H21ClN2O3S/c1-29-13-12-26-21(19-7-4-14-30-19)20(17-5-2-3-6-18(17)23(26)28)22(27)25-16-10-8-15(24)9-11-16/h2-11,14,20-21H,12-13H2,1H3,(H,25,27). The second-order valence-electron chi connectivity index (χ2n) is 7.01. The number of hydrogen-bond donors (Lipinski definition) is 1. The number of benzene rings is 2. The van der Waals surface area contributed by atoms with Gasteiger partial charge in [0.25, 0.3) is 5.91 Å². The molecule has 154 valence electrons. The van der Waals surface area contributed by atoms with Gasteiger partial charge >= 0.3 is 0 Å². The van der Waals surface area contributed by atoms with Crippen molar-refractivity contribution in [1.29, 1.82) is 0 Å². The number of fused-ring (bicyclic) bond motifs is 1. The molecule has 2 amide bonds. The molecule has 0 saturated heterocycles. The largest absolute Gasteiger partial charge is 0.383 e. The summed E-state index contributed by atoms with van der Waals surface area (Å²) in [5, 5.41) is 5.56. The van der Waals surface area contributed by atoms with Crippen LogP contribution in [-0.4, -0.2) is 37.0 Å². The summed E-state index contributed by atoms with van der Waals surface area (Å²) < 4.78 is 5.25. The Morgan fingerprint density at radius 3 is 2.60 bits per heavy atom. The minimum Gasteiger partial charge on any atom is -0.383 e. The highest BCUT2D eigenvalue weighted by atomic mass is 35.5. The normalized spacial score (nSPS) is 18.2. The molecular weight excluding hydrogens is 420 g/mol. The predicted octanol–water partition coefficient (Wildman–Crippen LogP) is 4.97. The van der Waals surface area contributed by atoms with Gasteiger partial charge in [0.05, 0.1) is 18.6 Å². The third kappa shape index (κ3) is 3.99. The second kappa shape index (κ2) is 9.00. The first-order valence-electron chi connectivity index (χ1n) is 9.59. The first kappa shape index (κ1) is 20.6. The number of thiophene rings is 1. The van der Waals surface area contributed by atoms with Crippen LogP contribution in [0.1, 0.15) is 32.8 Å². The van der Waals surface area contributed by atoms with Crippen molar-refractivity contribution < 1.29 is 14.3 Å². The second-order valence-corrected chi connectivity index (χ2v) is 8.43. The van der Waals surface area contributed by atoms with Crippen molar-refractivity contribution in [3.05, 3.63) is 87.1 Å². The molecule has 1 aromatic heterocycles. The maximum atomic E-state index is 13.5. The molecule has 5 nitrogen and oxygen atoms in total. The van der Waals surface area contributed by atoms with Crippen molar-refractivity contribution in [1.82, 2.24) is 4.90 Å². The molecular formula is C23H21ClN2O3S. The number of rotatable bonds is 6. The monoisotopic (exact) mass is 440 g/mol. The number of ether oxygens (including phenoxy) is 1. The molecule has 2 heterocycles. The molecule has 0 saturated carbocycles. The Hall–Kier alpha value is -2.67. The zero-order valence-corrected chi connectivity index (χ0v) is 18.0. The van der Waals surface area contributed by atoms with Gasteiger partial charge in [-0.05, 0) is 47.3 Å². The van der Waals surface area contributed by atoms with Gasteiger partial charge in [-0.15, -0.1) is 11.3 Å². The van der Waals surface area contributed by atoms with Gasteiger partial charge in [0.1, 0.15) is 0 Å². The summed E-state index contributed by atoms with van der Waals surface area (Å²) in [6, 6.07) is 17.8. The molecule has 0 fully saturated rings. The fourth-order valence-electron chi connectivity index (χ4n) is 3.84. The number of carbonyl (C=O) groups is 2. The third-order valence-electron chi connectivity index (χ3n) is 5.20. The van der Waals surface area contributed by atoms with Crippen LogP contribution in [0, 0.1) is 0 Å². The van der Waals surface area contributed by atoms with E-state index in [0.29, 0.717) is 29.4 Å². The topological polar surface area (TPSA) is 58.6 Å². The fraction of sp³-hybridized carbons (Fsp3) is 0.217. The van der Waals surface area contributed by atoms with Crippen molar-refractivity contribution in [2.75, 3.05) is 25.6 Å². The maximum absolute atomic E-state index is 13.5. The van der Waals surface area contributed by atoms with Gasteiger partial charge in [-0.2, -0.15) is 0 Å². The quantitative estimate of drug-likeness (QED) is 0.588. The Morgan fingerprint density at radius 1 is 1.13 bits per heavy atom. The average molecular weight is 441 g/mol. The van der Waals surface area contributed by atoms with Gasteiger partial charge in [0, 0.05) is 34.8 Å². The lowest BCUT2D eigenvalue weighted by molar-refractivity contribution is -0.119. The SMILES string of the molecule is COCCN1C(=O)c2ccccc2C(C(=O)Nc2ccc(Cl)cc2)C1c1cccs1. The van der Waals surface area contributed by atoms with Gasteiger partial charge in [-0.1, -0.05) is 35.9 Å². The van der Waals surface area contributed by atoms with Crippen LogP contribution in [0.5, 0.6) is 0 Å². The first-order chi connectivity index (χ1) is 14.6. The zero-order valence-electron chi connectivity index (χ0n) is 16.4. The van der Waals surface area contributed by atoms with Crippen molar-refractivity contribution in [3.63, 3.8) is 0 Å². The highest BCUT2D eigenvalue weighted by Gasteiger charge is 2.44. The summed E-state index contributed by atoms with van der Waals surface area (Å²) in [6.45, 7) is 0.790. The Balaban J connectivity index is 1.78. The molecule has 1 aliphatic rings. The number of nitrogens with one attached hydrogen (secondary N) is 1. The summed E-state index contributed by atoms with van der Waals surface area (Å²) in [6.07, 6.45) is 0. The molecule has 0 aliphatic carbocycles. The number of anilines is 1. The molecule has 30 heavy (non-hydrogen) atoms. The predicted molar refractivity (Wildman–Crippen MR) is 119 cm³/mol. The van der Waals surface area contributed by atoms with Crippen LogP contribution in [0.4, 0.5) is 5.69 Å². The number of methoxy groups -OCH3 is 1. The summed E-state index contributed by atoms with van der Waals surface area (Å²) in [5.74, 6) is -0.806. The Labute approximate surface area is 184 Å². The van der Waals surface area contributed by atoms with Crippen LogP contribution in [0.3, 0.4) is 0 Å². The van der Waals surface area contributed by atoms with Crippen molar-refractivity contribution in [3.8, 4) is 0 Å². The molecule has 1 aliphatic heterocycles. The summed E-state index contributed by atoms with van der Waals surface area (Å²) >= 11 is 7.51. The Bertz CT molecular complexity index is 1040. The Morgan fingerprint density at radius 2 is 1.90 bits per heavy atom. The van der Waals surface area contributed by atoms with Crippen LogP contribution in [0.25, 0.3) is 0 Å². The van der Waals surface area contributed by atoms with E-state index in [9.17, 15) is 9.59 Å². The van der Waals surface area contributed by atoms with Crippen molar-refractivity contribution in [2.24, 2.45) is 0 Å². The van der Waals surface area contributed by atoms with E-state index in [1.807, 2.05) is 35.7 Å². The summed E-state index contributed by atoms with van der Waals surface area (Å²) in [4.78, 5) is 29.6. The molecule has 2 atom stereocenters. The van der Waals surface area contributed by atoms with Crippen LogP contribution in [-0.2, 0) is 9.53 Å². The van der Waals surface area contributed by atoms with Crippen LogP contribution in [0.15, 0.2) is 66.0 Å². The van der Waals surface area contributed by atoms with E-state index < -0.39 is 12.0 Å². The maximum Gasteiger partial charge on any atom is 0.254 e. The van der Waals surface area contributed by atoms with Gasteiger partial charge < -0.3 is 15.0 Å².